The minimum atomic E-state index is -0.240. The molecule has 1 N–H and O–H groups in total. The Hall–Kier alpha value is -3.36. The van der Waals surface area contributed by atoms with Crippen molar-refractivity contribution in [2.45, 2.75) is 38.6 Å². The van der Waals surface area contributed by atoms with Crippen LogP contribution in [0.4, 0.5) is 10.6 Å². The molecule has 9 nitrogen and oxygen atoms in total. The number of urea groups is 1. The third-order valence-electron chi connectivity index (χ3n) is 6.62. The number of methoxy groups -OCH3 is 1. The topological polar surface area (TPSA) is 92.1 Å². The summed E-state index contributed by atoms with van der Waals surface area (Å²) in [6.45, 7) is 3.19. The Kier molecular flexibility index (Phi) is 5.32. The highest BCUT2D eigenvalue weighted by Crippen LogP contribution is 2.33. The maximum atomic E-state index is 13.4. The SMILES string of the molecule is COc1ccc(-n2ncc3c2N(CC(=O)N[C@@H]2CCCC[C@@H]2C)C(=O)N2CCN=C32)cc1. The molecule has 0 radical (unpaired) electrons. The average molecular weight is 437 g/mol. The van der Waals surface area contributed by atoms with Crippen LogP contribution >= 0.6 is 0 Å². The molecular weight excluding hydrogens is 408 g/mol. The second-order valence-electron chi connectivity index (χ2n) is 8.65. The molecule has 2 aromatic rings. The summed E-state index contributed by atoms with van der Waals surface area (Å²) in [4.78, 5) is 34.1. The quantitative estimate of drug-likeness (QED) is 0.780. The number of hydrogen-bond acceptors (Lipinski definition) is 5. The van der Waals surface area contributed by atoms with E-state index in [1.165, 1.54) is 11.3 Å². The second-order valence-corrected chi connectivity index (χ2v) is 8.65. The van der Waals surface area contributed by atoms with E-state index in [0.29, 0.717) is 30.7 Å². The standard InChI is InChI=1S/C23H28N6O3/c1-15-5-3-4-6-19(15)26-20(30)14-28-22-18(21-24-11-12-27(21)23(28)31)13-25-29(22)16-7-9-17(32-2)10-8-16/h7-10,13,15,19H,3-6,11-12,14H2,1-2H3,(H,26,30)/t15-,19+/m0/s1. The van der Waals surface area contributed by atoms with E-state index in [-0.39, 0.29) is 24.5 Å². The van der Waals surface area contributed by atoms with Crippen LogP contribution in [0.1, 0.15) is 38.2 Å². The van der Waals surface area contributed by atoms with E-state index in [1.54, 1.807) is 22.9 Å². The fraction of sp³-hybridized carbons (Fsp3) is 0.478. The molecule has 168 valence electrons. The van der Waals surface area contributed by atoms with Gasteiger partial charge in [-0.2, -0.15) is 5.10 Å². The molecule has 2 atom stereocenters. The Labute approximate surface area is 187 Å². The highest BCUT2D eigenvalue weighted by Gasteiger charge is 2.41. The molecular formula is C23H28N6O3. The van der Waals surface area contributed by atoms with Crippen molar-refractivity contribution in [2.75, 3.05) is 31.6 Å². The summed E-state index contributed by atoms with van der Waals surface area (Å²) in [6, 6.07) is 7.36. The maximum absolute atomic E-state index is 13.4. The lowest BCUT2D eigenvalue weighted by Gasteiger charge is -2.35. The first-order valence-corrected chi connectivity index (χ1v) is 11.2. The molecule has 3 heterocycles. The lowest BCUT2D eigenvalue weighted by Crippen LogP contribution is -2.54. The second kappa shape index (κ2) is 8.29. The summed E-state index contributed by atoms with van der Waals surface area (Å²) in [5.74, 6) is 2.23. The molecule has 0 saturated heterocycles. The lowest BCUT2D eigenvalue weighted by molar-refractivity contribution is -0.121. The number of aliphatic imine (C=N–C) groups is 1. The highest BCUT2D eigenvalue weighted by atomic mass is 16.5. The van der Waals surface area contributed by atoms with Gasteiger partial charge >= 0.3 is 6.03 Å². The predicted octanol–water partition coefficient (Wildman–Crippen LogP) is 2.58. The smallest absolute Gasteiger partial charge is 0.331 e. The number of fused-ring (bicyclic) bond motifs is 3. The summed E-state index contributed by atoms with van der Waals surface area (Å²) in [6.07, 6.45) is 6.16. The fourth-order valence-electron chi connectivity index (χ4n) is 4.84. The number of rotatable bonds is 5. The van der Waals surface area contributed by atoms with Crippen molar-refractivity contribution in [2.24, 2.45) is 10.9 Å². The number of nitrogens with zero attached hydrogens (tertiary/aromatic N) is 5. The molecule has 32 heavy (non-hydrogen) atoms. The van der Waals surface area contributed by atoms with Gasteiger partial charge in [-0.15, -0.1) is 0 Å². The third kappa shape index (κ3) is 3.51. The van der Waals surface area contributed by atoms with Gasteiger partial charge in [-0.05, 0) is 43.0 Å². The van der Waals surface area contributed by atoms with Gasteiger partial charge in [0.25, 0.3) is 0 Å². The van der Waals surface area contributed by atoms with Crippen LogP contribution in [0.15, 0.2) is 35.5 Å². The van der Waals surface area contributed by atoms with Gasteiger partial charge in [0.15, 0.2) is 5.82 Å². The van der Waals surface area contributed by atoms with Crippen molar-refractivity contribution in [1.29, 1.82) is 0 Å². The van der Waals surface area contributed by atoms with E-state index >= 15 is 0 Å². The highest BCUT2D eigenvalue weighted by molar-refractivity contribution is 6.20. The molecule has 1 saturated carbocycles. The van der Waals surface area contributed by atoms with Crippen LogP contribution in [0.3, 0.4) is 0 Å². The molecule has 0 bridgehead atoms. The van der Waals surface area contributed by atoms with Crippen molar-refractivity contribution in [3.05, 3.63) is 36.0 Å². The van der Waals surface area contributed by atoms with Gasteiger partial charge in [0.05, 0.1) is 31.1 Å². The normalized spacial score (nSPS) is 22.3. The monoisotopic (exact) mass is 436 g/mol. The van der Waals surface area contributed by atoms with Gasteiger partial charge in [-0.25, -0.2) is 9.48 Å². The number of amides is 3. The Morgan fingerprint density at radius 1 is 1.22 bits per heavy atom. The Morgan fingerprint density at radius 3 is 2.75 bits per heavy atom. The first kappa shape index (κ1) is 20.5. The molecule has 9 heteroatoms. The van der Waals surface area contributed by atoms with Gasteiger partial charge in [0, 0.05) is 12.6 Å². The molecule has 3 aliphatic rings. The van der Waals surface area contributed by atoms with Crippen molar-refractivity contribution in [3.8, 4) is 11.4 Å². The number of ether oxygens (including phenoxy) is 1. The van der Waals surface area contributed by atoms with E-state index in [4.69, 9.17) is 4.74 Å². The molecule has 3 amide bonds. The number of benzene rings is 1. The summed E-state index contributed by atoms with van der Waals surface area (Å²) in [5, 5.41) is 7.71. The van der Waals surface area contributed by atoms with Crippen molar-refractivity contribution in [3.63, 3.8) is 0 Å². The van der Waals surface area contributed by atoms with Crippen LogP contribution in [0.5, 0.6) is 5.75 Å². The summed E-state index contributed by atoms with van der Waals surface area (Å²) >= 11 is 0. The number of carbonyl (C=O) groups excluding carboxylic acids is 2. The van der Waals surface area contributed by atoms with E-state index in [1.807, 2.05) is 24.3 Å². The number of hydrogen-bond donors (Lipinski definition) is 1. The number of aromatic nitrogens is 2. The Balaban J connectivity index is 1.47. The maximum Gasteiger partial charge on any atom is 0.331 e. The van der Waals surface area contributed by atoms with Gasteiger partial charge in [0.1, 0.15) is 18.1 Å². The van der Waals surface area contributed by atoms with E-state index < -0.39 is 0 Å². The minimum absolute atomic E-state index is 0.0549. The third-order valence-corrected chi connectivity index (χ3v) is 6.62. The first-order valence-electron chi connectivity index (χ1n) is 11.2. The van der Waals surface area contributed by atoms with Crippen LogP contribution in [0, 0.1) is 5.92 Å². The van der Waals surface area contributed by atoms with Gasteiger partial charge in [-0.3, -0.25) is 19.6 Å². The van der Waals surface area contributed by atoms with E-state index in [2.05, 4.69) is 22.3 Å². The van der Waals surface area contributed by atoms with E-state index in [9.17, 15) is 9.59 Å². The summed E-state index contributed by atoms with van der Waals surface area (Å²) in [7, 11) is 1.61. The fourth-order valence-corrected chi connectivity index (χ4v) is 4.84. The predicted molar refractivity (Wildman–Crippen MR) is 121 cm³/mol. The van der Waals surface area contributed by atoms with Crippen LogP contribution in [-0.4, -0.2) is 65.2 Å². The van der Waals surface area contributed by atoms with Gasteiger partial charge < -0.3 is 10.1 Å². The van der Waals surface area contributed by atoms with E-state index in [0.717, 1.165) is 36.3 Å². The number of carbonyl (C=O) groups is 2. The molecule has 5 rings (SSSR count). The lowest BCUT2D eigenvalue weighted by atomic mass is 9.86. The summed E-state index contributed by atoms with van der Waals surface area (Å²) in [5.41, 5.74) is 1.54. The van der Waals surface area contributed by atoms with Crippen LogP contribution in [-0.2, 0) is 4.79 Å². The Bertz CT molecular complexity index is 1060. The van der Waals surface area contributed by atoms with Crippen molar-refractivity contribution < 1.29 is 14.3 Å². The minimum Gasteiger partial charge on any atom is -0.497 e. The van der Waals surface area contributed by atoms with Crippen LogP contribution in [0.25, 0.3) is 5.69 Å². The molecule has 2 aliphatic heterocycles. The number of nitrogens with one attached hydrogen (secondary N) is 1. The van der Waals surface area contributed by atoms with Crippen LogP contribution in [0.2, 0.25) is 0 Å². The number of amidine groups is 1. The van der Waals surface area contributed by atoms with Gasteiger partial charge in [-0.1, -0.05) is 19.8 Å². The Morgan fingerprint density at radius 2 is 2.00 bits per heavy atom. The summed E-state index contributed by atoms with van der Waals surface area (Å²) < 4.78 is 6.95. The zero-order valence-electron chi connectivity index (χ0n) is 18.5. The first-order chi connectivity index (χ1) is 15.6. The zero-order chi connectivity index (χ0) is 22.2. The zero-order valence-corrected chi connectivity index (χ0v) is 18.5. The van der Waals surface area contributed by atoms with Crippen molar-refractivity contribution in [1.82, 2.24) is 20.0 Å². The molecule has 1 fully saturated rings. The van der Waals surface area contributed by atoms with Crippen molar-refractivity contribution >= 4 is 23.6 Å². The molecule has 0 spiro atoms. The van der Waals surface area contributed by atoms with Gasteiger partial charge in [0.2, 0.25) is 5.91 Å². The largest absolute Gasteiger partial charge is 0.497 e. The number of anilines is 1. The average Bonchev–Trinajstić information content (AvgIpc) is 3.46. The van der Waals surface area contributed by atoms with Crippen LogP contribution < -0.4 is 15.0 Å². The molecule has 1 aromatic carbocycles. The molecule has 1 aromatic heterocycles. The molecule has 1 aliphatic carbocycles. The molecule has 0 unspecified atom stereocenters.